The molecule has 0 amide bonds. The van der Waals surface area contributed by atoms with Crippen molar-refractivity contribution in [3.63, 3.8) is 0 Å². The van der Waals surface area contributed by atoms with Gasteiger partial charge in [-0.05, 0) is 48.5 Å². The van der Waals surface area contributed by atoms with E-state index in [-0.39, 0.29) is 11.6 Å². The van der Waals surface area contributed by atoms with Gasteiger partial charge in [-0.1, -0.05) is 18.2 Å². The molecule has 1 saturated heterocycles. The zero-order chi connectivity index (χ0) is 16.2. The molecular formula is C19H17FN2O. The second-order valence-corrected chi connectivity index (χ2v) is 5.68. The molecule has 1 aromatic heterocycles. The van der Waals surface area contributed by atoms with Gasteiger partial charge in [0.2, 0.25) is 0 Å². The highest BCUT2D eigenvalue weighted by atomic mass is 19.1. The predicted molar refractivity (Wildman–Crippen MR) is 89.1 cm³/mol. The summed E-state index contributed by atoms with van der Waals surface area (Å²) in [4.78, 5) is 18.8. The Morgan fingerprint density at radius 3 is 2.30 bits per heavy atom. The average Bonchev–Trinajstić information content (AvgIpc) is 2.55. The molecule has 1 fully saturated rings. The second kappa shape index (κ2) is 6.67. The van der Waals surface area contributed by atoms with Crippen molar-refractivity contribution in [3.8, 4) is 0 Å². The minimum atomic E-state index is -0.281. The minimum absolute atomic E-state index is 0.0382. The number of benzene rings is 1. The Labute approximate surface area is 134 Å². The average molecular weight is 308 g/mol. The molecule has 0 atom stereocenters. The molecule has 4 heteroatoms. The Hall–Kier alpha value is -2.59. The molecule has 2 heterocycles. The molecule has 0 bridgehead atoms. The number of halogens is 1. The summed E-state index contributed by atoms with van der Waals surface area (Å²) >= 11 is 0. The number of nitrogens with zero attached hydrogens (tertiary/aromatic N) is 2. The maximum atomic E-state index is 13.0. The smallest absolute Gasteiger partial charge is 0.187 e. The van der Waals surface area contributed by atoms with Crippen LogP contribution in [0.5, 0.6) is 0 Å². The van der Waals surface area contributed by atoms with Crippen LogP contribution in [0.15, 0.2) is 59.9 Å². The summed E-state index contributed by atoms with van der Waals surface area (Å²) in [6, 6.07) is 9.92. The summed E-state index contributed by atoms with van der Waals surface area (Å²) in [6.07, 6.45) is 7.15. The van der Waals surface area contributed by atoms with Crippen molar-refractivity contribution in [3.05, 3.63) is 76.9 Å². The third-order valence-electron chi connectivity index (χ3n) is 3.70. The number of likely N-dealkylation sites (tertiary alicyclic amines) is 1. The van der Waals surface area contributed by atoms with Gasteiger partial charge < -0.3 is 0 Å². The normalized spacial score (nSPS) is 19.5. The van der Waals surface area contributed by atoms with Crippen molar-refractivity contribution >= 4 is 17.9 Å². The standard InChI is InChI=1S/C19H17FN2O/c1-22-12-16(9-14-4-6-18(20)7-5-14)19(23)17(13-22)10-15-3-2-8-21-11-15/h2-11H,12-13H2,1H3/b16-9+,17-10+. The van der Waals surface area contributed by atoms with E-state index in [1.165, 1.54) is 12.1 Å². The number of Topliss-reactive ketones (excluding diaryl/α,β-unsaturated/α-hetero) is 1. The highest BCUT2D eigenvalue weighted by Gasteiger charge is 2.23. The maximum absolute atomic E-state index is 13.0. The zero-order valence-electron chi connectivity index (χ0n) is 12.9. The van der Waals surface area contributed by atoms with Gasteiger partial charge in [0.15, 0.2) is 5.78 Å². The summed E-state index contributed by atoms with van der Waals surface area (Å²) in [5, 5.41) is 0. The van der Waals surface area contributed by atoms with Crippen LogP contribution in [0.3, 0.4) is 0 Å². The van der Waals surface area contributed by atoms with Crippen molar-refractivity contribution in [2.75, 3.05) is 20.1 Å². The number of pyridine rings is 1. The lowest BCUT2D eigenvalue weighted by Crippen LogP contribution is -2.34. The maximum Gasteiger partial charge on any atom is 0.187 e. The number of piperidine rings is 1. The Balaban J connectivity index is 1.91. The van der Waals surface area contributed by atoms with Gasteiger partial charge in [0.25, 0.3) is 0 Å². The molecule has 0 saturated carbocycles. The van der Waals surface area contributed by atoms with Crippen molar-refractivity contribution in [1.82, 2.24) is 9.88 Å². The molecular weight excluding hydrogens is 291 g/mol. The Bertz CT molecular complexity index is 764. The lowest BCUT2D eigenvalue weighted by atomic mass is 9.95. The van der Waals surface area contributed by atoms with Gasteiger partial charge in [0, 0.05) is 36.6 Å². The number of hydrogen-bond donors (Lipinski definition) is 0. The Kier molecular flexibility index (Phi) is 4.44. The van der Waals surface area contributed by atoms with Crippen molar-refractivity contribution < 1.29 is 9.18 Å². The highest BCUT2D eigenvalue weighted by molar-refractivity contribution is 6.14. The summed E-state index contributed by atoms with van der Waals surface area (Å²) < 4.78 is 13.0. The summed E-state index contributed by atoms with van der Waals surface area (Å²) in [5.41, 5.74) is 3.18. The van der Waals surface area contributed by atoms with Crippen LogP contribution in [0.1, 0.15) is 11.1 Å². The Morgan fingerprint density at radius 2 is 1.70 bits per heavy atom. The molecule has 23 heavy (non-hydrogen) atoms. The van der Waals surface area contributed by atoms with Crippen LogP contribution in [0.2, 0.25) is 0 Å². The number of ketones is 1. The first-order valence-corrected chi connectivity index (χ1v) is 7.42. The second-order valence-electron chi connectivity index (χ2n) is 5.68. The topological polar surface area (TPSA) is 33.2 Å². The minimum Gasteiger partial charge on any atom is -0.298 e. The van der Waals surface area contributed by atoms with Crippen LogP contribution in [-0.4, -0.2) is 35.8 Å². The quantitative estimate of drug-likeness (QED) is 0.799. The first kappa shape index (κ1) is 15.3. The van der Waals surface area contributed by atoms with Crippen LogP contribution >= 0.6 is 0 Å². The molecule has 0 N–H and O–H groups in total. The van der Waals surface area contributed by atoms with E-state index in [1.54, 1.807) is 24.5 Å². The van der Waals surface area contributed by atoms with Gasteiger partial charge in [-0.2, -0.15) is 0 Å². The third kappa shape index (κ3) is 3.79. The van der Waals surface area contributed by atoms with Gasteiger partial charge in [0.1, 0.15) is 5.82 Å². The van der Waals surface area contributed by atoms with Crippen molar-refractivity contribution in [2.24, 2.45) is 0 Å². The van der Waals surface area contributed by atoms with E-state index in [1.807, 2.05) is 31.3 Å². The summed E-state index contributed by atoms with van der Waals surface area (Å²) in [7, 11) is 1.97. The van der Waals surface area contributed by atoms with Gasteiger partial charge in [-0.15, -0.1) is 0 Å². The van der Waals surface area contributed by atoms with E-state index in [9.17, 15) is 9.18 Å². The Morgan fingerprint density at radius 1 is 1.04 bits per heavy atom. The van der Waals surface area contributed by atoms with Gasteiger partial charge in [-0.25, -0.2) is 4.39 Å². The van der Waals surface area contributed by atoms with Crippen molar-refractivity contribution in [1.29, 1.82) is 0 Å². The molecule has 0 radical (unpaired) electrons. The third-order valence-corrected chi connectivity index (χ3v) is 3.70. The molecule has 0 spiro atoms. The molecule has 3 rings (SSSR count). The highest BCUT2D eigenvalue weighted by Crippen LogP contribution is 2.21. The molecule has 116 valence electrons. The van der Waals surface area contributed by atoms with E-state index >= 15 is 0 Å². The lowest BCUT2D eigenvalue weighted by molar-refractivity contribution is -0.113. The van der Waals surface area contributed by atoms with Gasteiger partial charge in [-0.3, -0.25) is 14.7 Å². The van der Waals surface area contributed by atoms with Crippen LogP contribution in [0.25, 0.3) is 12.2 Å². The number of carbonyl (C=O) groups excluding carboxylic acids is 1. The number of carbonyl (C=O) groups is 1. The fourth-order valence-electron chi connectivity index (χ4n) is 2.63. The van der Waals surface area contributed by atoms with E-state index in [2.05, 4.69) is 9.88 Å². The zero-order valence-corrected chi connectivity index (χ0v) is 12.9. The molecule has 1 aromatic carbocycles. The fraction of sp³-hybridized carbons (Fsp3) is 0.158. The van der Waals surface area contributed by atoms with E-state index < -0.39 is 0 Å². The summed E-state index contributed by atoms with van der Waals surface area (Å²) in [5.74, 6) is -0.243. The fourth-order valence-corrected chi connectivity index (χ4v) is 2.63. The molecule has 2 aromatic rings. The van der Waals surface area contributed by atoms with Crippen LogP contribution in [0.4, 0.5) is 4.39 Å². The van der Waals surface area contributed by atoms with Crippen LogP contribution < -0.4 is 0 Å². The lowest BCUT2D eigenvalue weighted by Gasteiger charge is -2.26. The summed E-state index contributed by atoms with van der Waals surface area (Å²) in [6.45, 7) is 1.19. The molecule has 0 aliphatic carbocycles. The SMILES string of the molecule is CN1C/C(=C\c2ccc(F)cc2)C(=O)/C(=C/c2cccnc2)C1. The van der Waals surface area contributed by atoms with Crippen LogP contribution in [0, 0.1) is 5.82 Å². The first-order chi connectivity index (χ1) is 11.1. The number of rotatable bonds is 2. The van der Waals surface area contributed by atoms with Crippen LogP contribution in [-0.2, 0) is 4.79 Å². The molecule has 1 aliphatic rings. The molecule has 0 unspecified atom stereocenters. The predicted octanol–water partition coefficient (Wildman–Crippen LogP) is 3.20. The number of aromatic nitrogens is 1. The van der Waals surface area contributed by atoms with E-state index in [0.717, 1.165) is 16.7 Å². The van der Waals surface area contributed by atoms with E-state index in [4.69, 9.17) is 0 Å². The number of likely N-dealkylation sites (N-methyl/N-ethyl adjacent to an activating group) is 1. The van der Waals surface area contributed by atoms with Gasteiger partial charge >= 0.3 is 0 Å². The van der Waals surface area contributed by atoms with E-state index in [0.29, 0.717) is 18.7 Å². The molecule has 1 aliphatic heterocycles. The van der Waals surface area contributed by atoms with Gasteiger partial charge in [0.05, 0.1) is 0 Å². The number of hydrogen-bond acceptors (Lipinski definition) is 3. The first-order valence-electron chi connectivity index (χ1n) is 7.42. The largest absolute Gasteiger partial charge is 0.298 e. The monoisotopic (exact) mass is 308 g/mol. The van der Waals surface area contributed by atoms with Crippen molar-refractivity contribution in [2.45, 2.75) is 0 Å². The molecule has 3 nitrogen and oxygen atoms in total.